The lowest BCUT2D eigenvalue weighted by molar-refractivity contribution is 0.391. The maximum absolute atomic E-state index is 12.6. The van der Waals surface area contributed by atoms with E-state index in [9.17, 15) is 4.39 Å². The van der Waals surface area contributed by atoms with Gasteiger partial charge in [0.2, 0.25) is 0 Å². The highest BCUT2D eigenvalue weighted by Gasteiger charge is 2.39. The maximum atomic E-state index is 12.6. The normalized spacial score (nSPS) is 26.5. The Bertz CT molecular complexity index is 291. The van der Waals surface area contributed by atoms with Crippen LogP contribution in [0.4, 0.5) is 4.39 Å². The van der Waals surface area contributed by atoms with Gasteiger partial charge in [-0.3, -0.25) is 0 Å². The lowest BCUT2D eigenvalue weighted by Gasteiger charge is -2.08. The molecule has 2 atom stereocenters. The standard InChI is InChI=1S/C11H14FN/c1-13(2)11-7-10(11)8-3-5-9(12)6-4-8/h3-6,10-11H,7H2,1-2H3. The molecule has 0 amide bonds. The van der Waals surface area contributed by atoms with E-state index in [1.807, 2.05) is 12.1 Å². The quantitative estimate of drug-likeness (QED) is 0.673. The second kappa shape index (κ2) is 3.11. The Morgan fingerprint density at radius 1 is 1.23 bits per heavy atom. The first-order valence-corrected chi connectivity index (χ1v) is 4.60. The summed E-state index contributed by atoms with van der Waals surface area (Å²) in [4.78, 5) is 2.23. The molecule has 0 aromatic heterocycles. The highest BCUT2D eigenvalue weighted by atomic mass is 19.1. The average Bonchev–Trinajstić information content (AvgIpc) is 2.85. The summed E-state index contributed by atoms with van der Waals surface area (Å²) in [5.41, 5.74) is 1.26. The lowest BCUT2D eigenvalue weighted by Crippen LogP contribution is -2.15. The van der Waals surface area contributed by atoms with Crippen LogP contribution >= 0.6 is 0 Å². The van der Waals surface area contributed by atoms with Crippen LogP contribution in [0.15, 0.2) is 24.3 Å². The Balaban J connectivity index is 2.08. The van der Waals surface area contributed by atoms with Crippen LogP contribution in [-0.4, -0.2) is 25.0 Å². The minimum atomic E-state index is -0.147. The third-order valence-corrected chi connectivity index (χ3v) is 2.72. The van der Waals surface area contributed by atoms with Gasteiger partial charge in [-0.25, -0.2) is 4.39 Å². The van der Waals surface area contributed by atoms with Crippen molar-refractivity contribution < 1.29 is 4.39 Å². The van der Waals surface area contributed by atoms with Crippen molar-refractivity contribution in [2.75, 3.05) is 14.1 Å². The molecule has 1 aliphatic rings. The molecule has 1 nitrogen and oxygen atoms in total. The molecule has 0 heterocycles. The number of rotatable bonds is 2. The van der Waals surface area contributed by atoms with Gasteiger partial charge >= 0.3 is 0 Å². The van der Waals surface area contributed by atoms with E-state index in [1.165, 1.54) is 12.0 Å². The van der Waals surface area contributed by atoms with Crippen LogP contribution in [0.5, 0.6) is 0 Å². The molecule has 2 unspecified atom stereocenters. The van der Waals surface area contributed by atoms with Crippen molar-refractivity contribution in [2.24, 2.45) is 0 Å². The fourth-order valence-corrected chi connectivity index (χ4v) is 1.82. The van der Waals surface area contributed by atoms with Crippen molar-refractivity contribution in [2.45, 2.75) is 18.4 Å². The Kier molecular flexibility index (Phi) is 2.08. The molecule has 0 saturated heterocycles. The van der Waals surface area contributed by atoms with E-state index in [0.29, 0.717) is 12.0 Å². The molecule has 0 spiro atoms. The van der Waals surface area contributed by atoms with Crippen LogP contribution < -0.4 is 0 Å². The topological polar surface area (TPSA) is 3.24 Å². The number of nitrogens with zero attached hydrogens (tertiary/aromatic N) is 1. The predicted octanol–water partition coefficient (Wildman–Crippen LogP) is 2.24. The van der Waals surface area contributed by atoms with Gasteiger partial charge in [0.1, 0.15) is 5.82 Å². The van der Waals surface area contributed by atoms with Crippen LogP contribution in [0.1, 0.15) is 17.9 Å². The summed E-state index contributed by atoms with van der Waals surface area (Å²) >= 11 is 0. The zero-order valence-electron chi connectivity index (χ0n) is 8.00. The van der Waals surface area contributed by atoms with Crippen molar-refractivity contribution in [3.63, 3.8) is 0 Å². The van der Waals surface area contributed by atoms with Crippen LogP contribution in [0.2, 0.25) is 0 Å². The Morgan fingerprint density at radius 2 is 1.85 bits per heavy atom. The predicted molar refractivity (Wildman–Crippen MR) is 51.2 cm³/mol. The van der Waals surface area contributed by atoms with Crippen molar-refractivity contribution in [1.29, 1.82) is 0 Å². The second-order valence-electron chi connectivity index (χ2n) is 3.92. The summed E-state index contributed by atoms with van der Waals surface area (Å²) in [5, 5.41) is 0. The smallest absolute Gasteiger partial charge is 0.123 e. The minimum absolute atomic E-state index is 0.147. The first kappa shape index (κ1) is 8.70. The summed E-state index contributed by atoms with van der Waals surface area (Å²) < 4.78 is 12.6. The van der Waals surface area contributed by atoms with E-state index in [-0.39, 0.29) is 5.82 Å². The van der Waals surface area contributed by atoms with Gasteiger partial charge in [0.05, 0.1) is 0 Å². The molecule has 13 heavy (non-hydrogen) atoms. The highest BCUT2D eigenvalue weighted by molar-refractivity contribution is 5.28. The minimum Gasteiger partial charge on any atom is -0.306 e. The van der Waals surface area contributed by atoms with Crippen molar-refractivity contribution >= 4 is 0 Å². The first-order chi connectivity index (χ1) is 6.18. The molecular formula is C11H14FN. The number of likely N-dealkylation sites (N-methyl/N-ethyl adjacent to an activating group) is 1. The molecule has 1 aromatic rings. The summed E-state index contributed by atoms with van der Waals surface area (Å²) in [6.45, 7) is 0. The fraction of sp³-hybridized carbons (Fsp3) is 0.455. The van der Waals surface area contributed by atoms with Gasteiger partial charge in [-0.2, -0.15) is 0 Å². The summed E-state index contributed by atoms with van der Waals surface area (Å²) in [5.74, 6) is 0.474. The van der Waals surface area contributed by atoms with E-state index >= 15 is 0 Å². The molecule has 0 radical (unpaired) electrons. The molecule has 2 rings (SSSR count). The molecule has 1 saturated carbocycles. The van der Waals surface area contributed by atoms with Gasteiger partial charge in [-0.15, -0.1) is 0 Å². The van der Waals surface area contributed by atoms with E-state index in [1.54, 1.807) is 12.1 Å². The monoisotopic (exact) mass is 179 g/mol. The second-order valence-corrected chi connectivity index (χ2v) is 3.92. The number of benzene rings is 1. The molecule has 70 valence electrons. The molecule has 1 aromatic carbocycles. The molecule has 0 aliphatic heterocycles. The molecule has 0 bridgehead atoms. The van der Waals surface area contributed by atoms with Gasteiger partial charge < -0.3 is 4.90 Å². The van der Waals surface area contributed by atoms with Crippen LogP contribution in [-0.2, 0) is 0 Å². The summed E-state index contributed by atoms with van der Waals surface area (Å²) in [7, 11) is 4.18. The zero-order chi connectivity index (χ0) is 9.42. The van der Waals surface area contributed by atoms with Crippen LogP contribution in [0.25, 0.3) is 0 Å². The van der Waals surface area contributed by atoms with Gasteiger partial charge in [-0.1, -0.05) is 12.1 Å². The fourth-order valence-electron chi connectivity index (χ4n) is 1.82. The third-order valence-electron chi connectivity index (χ3n) is 2.72. The summed E-state index contributed by atoms with van der Waals surface area (Å²) in [6, 6.07) is 7.53. The van der Waals surface area contributed by atoms with Crippen LogP contribution in [0.3, 0.4) is 0 Å². The number of halogens is 1. The van der Waals surface area contributed by atoms with Gasteiger partial charge in [0, 0.05) is 12.0 Å². The SMILES string of the molecule is CN(C)C1CC1c1ccc(F)cc1. The highest BCUT2D eigenvalue weighted by Crippen LogP contribution is 2.43. The van der Waals surface area contributed by atoms with E-state index in [4.69, 9.17) is 0 Å². The number of hydrogen-bond donors (Lipinski definition) is 0. The Hall–Kier alpha value is -0.890. The molecule has 1 fully saturated rings. The Labute approximate surface area is 78.2 Å². The molecular weight excluding hydrogens is 165 g/mol. The zero-order valence-corrected chi connectivity index (χ0v) is 8.00. The molecule has 0 N–H and O–H groups in total. The molecule has 1 aliphatic carbocycles. The third kappa shape index (κ3) is 1.73. The Morgan fingerprint density at radius 3 is 2.31 bits per heavy atom. The maximum Gasteiger partial charge on any atom is 0.123 e. The molecule has 2 heteroatoms. The van der Waals surface area contributed by atoms with Crippen molar-refractivity contribution in [3.05, 3.63) is 35.6 Å². The average molecular weight is 179 g/mol. The number of hydrogen-bond acceptors (Lipinski definition) is 1. The lowest BCUT2D eigenvalue weighted by atomic mass is 10.1. The van der Waals surface area contributed by atoms with E-state index < -0.39 is 0 Å². The van der Waals surface area contributed by atoms with Crippen molar-refractivity contribution in [1.82, 2.24) is 4.90 Å². The van der Waals surface area contributed by atoms with E-state index in [0.717, 1.165) is 0 Å². The van der Waals surface area contributed by atoms with Gasteiger partial charge in [-0.05, 0) is 38.2 Å². The van der Waals surface area contributed by atoms with Gasteiger partial charge in [0.25, 0.3) is 0 Å². The first-order valence-electron chi connectivity index (χ1n) is 4.60. The van der Waals surface area contributed by atoms with Crippen LogP contribution in [0, 0.1) is 5.82 Å². The van der Waals surface area contributed by atoms with Crippen molar-refractivity contribution in [3.8, 4) is 0 Å². The summed E-state index contributed by atoms with van der Waals surface area (Å²) in [6.07, 6.45) is 1.21. The largest absolute Gasteiger partial charge is 0.306 e. The van der Waals surface area contributed by atoms with E-state index in [2.05, 4.69) is 19.0 Å². The van der Waals surface area contributed by atoms with Gasteiger partial charge in [0.15, 0.2) is 0 Å².